The second kappa shape index (κ2) is 6.71. The molecule has 0 spiro atoms. The van der Waals surface area contributed by atoms with Gasteiger partial charge in [-0.15, -0.1) is 0 Å². The van der Waals surface area contributed by atoms with Crippen LogP contribution in [0.1, 0.15) is 61.4 Å². The van der Waals surface area contributed by atoms with Crippen molar-refractivity contribution < 1.29 is 4.39 Å². The lowest BCUT2D eigenvalue weighted by atomic mass is 9.87. The Morgan fingerprint density at radius 3 is 2.79 bits per heavy atom. The molecule has 1 aliphatic carbocycles. The molecule has 1 heterocycles. The zero-order valence-corrected chi connectivity index (χ0v) is 14.4. The maximum atomic E-state index is 14.3. The van der Waals surface area contributed by atoms with Crippen LogP contribution in [0.15, 0.2) is 18.2 Å². The van der Waals surface area contributed by atoms with Gasteiger partial charge in [-0.2, -0.15) is 15.0 Å². The van der Waals surface area contributed by atoms with E-state index in [1.807, 2.05) is 0 Å². The highest BCUT2D eigenvalue weighted by molar-refractivity contribution is 5.42. The van der Waals surface area contributed by atoms with Crippen molar-refractivity contribution in [1.29, 1.82) is 0 Å². The fourth-order valence-corrected chi connectivity index (χ4v) is 3.12. The van der Waals surface area contributed by atoms with E-state index < -0.39 is 6.17 Å². The summed E-state index contributed by atoms with van der Waals surface area (Å²) in [6.07, 6.45) is 1.91. The van der Waals surface area contributed by atoms with Gasteiger partial charge in [0.1, 0.15) is 0 Å². The highest BCUT2D eigenvalue weighted by Gasteiger charge is 2.23. The topological polar surface area (TPSA) is 76.7 Å². The van der Waals surface area contributed by atoms with E-state index in [1.54, 1.807) is 13.8 Å². The number of nitrogens with two attached hydrogens (primary N) is 1. The molecule has 0 aliphatic heterocycles. The quantitative estimate of drug-likeness (QED) is 0.889. The zero-order valence-electron chi connectivity index (χ0n) is 14.4. The summed E-state index contributed by atoms with van der Waals surface area (Å²) in [6, 6.07) is 6.63. The summed E-state index contributed by atoms with van der Waals surface area (Å²) >= 11 is 0. The number of nitrogens with one attached hydrogen (secondary N) is 1. The number of benzene rings is 1. The van der Waals surface area contributed by atoms with Crippen LogP contribution in [0, 0.1) is 12.8 Å². The zero-order chi connectivity index (χ0) is 17.3. The highest BCUT2D eigenvalue weighted by Crippen LogP contribution is 2.33. The summed E-state index contributed by atoms with van der Waals surface area (Å²) in [5.74, 6) is 0.282. The van der Waals surface area contributed by atoms with Crippen LogP contribution in [-0.4, -0.2) is 15.0 Å². The van der Waals surface area contributed by atoms with Crippen molar-refractivity contribution in [3.63, 3.8) is 0 Å². The summed E-state index contributed by atoms with van der Waals surface area (Å²) in [4.78, 5) is 12.3. The van der Waals surface area contributed by atoms with Crippen LogP contribution in [0.25, 0.3) is 0 Å². The number of hydrogen-bond acceptors (Lipinski definition) is 5. The van der Waals surface area contributed by atoms with Gasteiger partial charge in [-0.25, -0.2) is 4.39 Å². The lowest BCUT2D eigenvalue weighted by molar-refractivity contribution is 0.248. The summed E-state index contributed by atoms with van der Waals surface area (Å²) in [5.41, 5.74) is 9.59. The number of halogens is 1. The molecular formula is C18H24FN5. The minimum absolute atomic E-state index is 0.0473. The molecule has 128 valence electrons. The van der Waals surface area contributed by atoms with Gasteiger partial charge in [0.05, 0.1) is 6.04 Å². The lowest BCUT2D eigenvalue weighted by Gasteiger charge is -2.27. The first-order valence-electron chi connectivity index (χ1n) is 8.45. The van der Waals surface area contributed by atoms with E-state index in [4.69, 9.17) is 5.73 Å². The van der Waals surface area contributed by atoms with Crippen molar-refractivity contribution in [2.45, 2.75) is 52.2 Å². The highest BCUT2D eigenvalue weighted by atomic mass is 19.1. The van der Waals surface area contributed by atoms with Gasteiger partial charge >= 0.3 is 0 Å². The molecule has 0 amide bonds. The van der Waals surface area contributed by atoms with E-state index in [1.165, 1.54) is 16.7 Å². The van der Waals surface area contributed by atoms with Crippen molar-refractivity contribution in [1.82, 2.24) is 15.0 Å². The Morgan fingerprint density at radius 1 is 1.25 bits per heavy atom. The number of nitrogen functional groups attached to an aromatic ring is 1. The van der Waals surface area contributed by atoms with Gasteiger partial charge in [0.25, 0.3) is 0 Å². The standard InChI is InChI=1S/C18H24FN5/c1-10(2)15(19)16-22-17(20)24-18(23-16)21-14-6-4-5-12-8-7-11(3)9-13(12)14/h7-10,14-15H,4-6H2,1-3H3,(H3,20,21,22,23,24). The Hall–Kier alpha value is -2.24. The van der Waals surface area contributed by atoms with Crippen LogP contribution in [0.3, 0.4) is 0 Å². The molecule has 3 rings (SSSR count). The Morgan fingerprint density at radius 2 is 2.04 bits per heavy atom. The molecule has 0 radical (unpaired) electrons. The Kier molecular flexibility index (Phi) is 4.64. The Balaban J connectivity index is 1.89. The number of alkyl halides is 1. The van der Waals surface area contributed by atoms with Crippen molar-refractivity contribution in [3.05, 3.63) is 40.7 Å². The molecule has 24 heavy (non-hydrogen) atoms. The minimum Gasteiger partial charge on any atom is -0.368 e. The third kappa shape index (κ3) is 3.47. The van der Waals surface area contributed by atoms with Crippen LogP contribution in [0.2, 0.25) is 0 Å². The first kappa shape index (κ1) is 16.6. The van der Waals surface area contributed by atoms with Crippen molar-refractivity contribution in [3.8, 4) is 0 Å². The Bertz CT molecular complexity index is 731. The second-order valence-corrected chi connectivity index (χ2v) is 6.81. The van der Waals surface area contributed by atoms with Crippen LogP contribution < -0.4 is 11.1 Å². The van der Waals surface area contributed by atoms with Crippen molar-refractivity contribution in [2.24, 2.45) is 5.92 Å². The van der Waals surface area contributed by atoms with E-state index in [2.05, 4.69) is 45.4 Å². The average Bonchev–Trinajstić information content (AvgIpc) is 2.54. The maximum Gasteiger partial charge on any atom is 0.228 e. The van der Waals surface area contributed by atoms with Gasteiger partial charge in [-0.05, 0) is 43.2 Å². The smallest absolute Gasteiger partial charge is 0.228 e. The van der Waals surface area contributed by atoms with Crippen molar-refractivity contribution in [2.75, 3.05) is 11.1 Å². The molecule has 2 aromatic rings. The van der Waals surface area contributed by atoms with E-state index in [9.17, 15) is 4.39 Å². The molecule has 1 aromatic carbocycles. The first-order valence-corrected chi connectivity index (χ1v) is 8.45. The summed E-state index contributed by atoms with van der Waals surface area (Å²) in [6.45, 7) is 5.66. The van der Waals surface area contributed by atoms with E-state index in [-0.39, 0.29) is 23.7 Å². The second-order valence-electron chi connectivity index (χ2n) is 6.81. The molecule has 2 atom stereocenters. The number of fused-ring (bicyclic) bond motifs is 1. The minimum atomic E-state index is -1.25. The monoisotopic (exact) mass is 329 g/mol. The molecule has 0 saturated carbocycles. The largest absolute Gasteiger partial charge is 0.368 e. The molecule has 0 bridgehead atoms. The number of rotatable bonds is 4. The van der Waals surface area contributed by atoms with Gasteiger partial charge in [0.2, 0.25) is 11.9 Å². The van der Waals surface area contributed by atoms with Gasteiger partial charge < -0.3 is 11.1 Å². The van der Waals surface area contributed by atoms with Crippen LogP contribution >= 0.6 is 0 Å². The number of anilines is 2. The predicted molar refractivity (Wildman–Crippen MR) is 93.4 cm³/mol. The molecule has 1 aromatic heterocycles. The molecule has 1 aliphatic rings. The molecule has 6 heteroatoms. The van der Waals surface area contributed by atoms with E-state index in [0.717, 1.165) is 19.3 Å². The number of hydrogen-bond donors (Lipinski definition) is 2. The summed E-state index contributed by atoms with van der Waals surface area (Å²) in [5, 5.41) is 3.33. The van der Waals surface area contributed by atoms with Crippen molar-refractivity contribution >= 4 is 11.9 Å². The maximum absolute atomic E-state index is 14.3. The fourth-order valence-electron chi connectivity index (χ4n) is 3.12. The number of aromatic nitrogens is 3. The molecule has 2 unspecified atom stereocenters. The van der Waals surface area contributed by atoms with Crippen LogP contribution in [0.4, 0.5) is 16.3 Å². The third-order valence-electron chi connectivity index (χ3n) is 4.42. The lowest BCUT2D eigenvalue weighted by Crippen LogP contribution is -2.20. The van der Waals surface area contributed by atoms with E-state index >= 15 is 0 Å². The predicted octanol–water partition coefficient (Wildman–Crippen LogP) is 3.92. The fraction of sp³-hybridized carbons (Fsp3) is 0.500. The summed E-state index contributed by atoms with van der Waals surface area (Å²) < 4.78 is 14.3. The summed E-state index contributed by atoms with van der Waals surface area (Å²) in [7, 11) is 0. The van der Waals surface area contributed by atoms with Gasteiger partial charge in [0, 0.05) is 0 Å². The van der Waals surface area contributed by atoms with E-state index in [0.29, 0.717) is 5.95 Å². The average molecular weight is 329 g/mol. The molecule has 3 N–H and O–H groups in total. The first-order chi connectivity index (χ1) is 11.4. The molecule has 5 nitrogen and oxygen atoms in total. The SMILES string of the molecule is Cc1ccc2c(c1)C(Nc1nc(N)nc(C(F)C(C)C)n1)CCC2. The van der Waals surface area contributed by atoms with Crippen LogP contribution in [-0.2, 0) is 6.42 Å². The molecule has 0 fully saturated rings. The third-order valence-corrected chi connectivity index (χ3v) is 4.42. The number of aryl methyl sites for hydroxylation is 2. The molecule has 0 saturated heterocycles. The normalized spacial score (nSPS) is 18.3. The van der Waals surface area contributed by atoms with Gasteiger partial charge in [-0.1, -0.05) is 37.6 Å². The van der Waals surface area contributed by atoms with Gasteiger partial charge in [-0.3, -0.25) is 0 Å². The van der Waals surface area contributed by atoms with Crippen LogP contribution in [0.5, 0.6) is 0 Å². The Labute approximate surface area is 141 Å². The molecular weight excluding hydrogens is 305 g/mol. The van der Waals surface area contributed by atoms with Gasteiger partial charge in [0.15, 0.2) is 12.0 Å². The number of nitrogens with zero attached hydrogens (tertiary/aromatic N) is 3.